The number of carbonyl (C=O) groups is 1. The molecule has 1 saturated heterocycles. The predicted molar refractivity (Wildman–Crippen MR) is 108 cm³/mol. The first-order valence-electron chi connectivity index (χ1n) is 9.68. The zero-order valence-electron chi connectivity index (χ0n) is 16.0. The molecule has 4 rings (SSSR count). The number of aliphatic carboxylic acids is 1. The molecule has 0 radical (unpaired) electrons. The molecular formula is C23H23FN2O3. The predicted octanol–water partition coefficient (Wildman–Crippen LogP) is 3.25. The Labute approximate surface area is 168 Å². The van der Waals surface area contributed by atoms with E-state index in [1.807, 2.05) is 30.5 Å². The van der Waals surface area contributed by atoms with Crippen molar-refractivity contribution in [2.24, 2.45) is 5.41 Å². The van der Waals surface area contributed by atoms with Crippen molar-refractivity contribution >= 4 is 16.7 Å². The number of benzene rings is 2. The fourth-order valence-electron chi connectivity index (χ4n) is 4.34. The van der Waals surface area contributed by atoms with E-state index in [0.29, 0.717) is 25.1 Å². The van der Waals surface area contributed by atoms with Crippen LogP contribution >= 0.6 is 0 Å². The topological polar surface area (TPSA) is 73.7 Å². The van der Waals surface area contributed by atoms with Gasteiger partial charge in [0.15, 0.2) is 0 Å². The van der Waals surface area contributed by atoms with Gasteiger partial charge in [0, 0.05) is 37.4 Å². The van der Waals surface area contributed by atoms with Crippen LogP contribution in [0.2, 0.25) is 0 Å². The molecule has 0 amide bonds. The third-order valence-corrected chi connectivity index (χ3v) is 5.86. The van der Waals surface area contributed by atoms with Gasteiger partial charge in [-0.25, -0.2) is 4.39 Å². The quantitative estimate of drug-likeness (QED) is 0.695. The summed E-state index contributed by atoms with van der Waals surface area (Å²) in [4.78, 5) is 18.5. The van der Waals surface area contributed by atoms with Gasteiger partial charge < -0.3 is 10.2 Å². The highest BCUT2D eigenvalue weighted by Gasteiger charge is 2.49. The third-order valence-electron chi connectivity index (χ3n) is 5.86. The maximum absolute atomic E-state index is 13.6. The lowest BCUT2D eigenvalue weighted by molar-refractivity contribution is -0.163. The number of pyridine rings is 1. The van der Waals surface area contributed by atoms with Crippen LogP contribution in [-0.4, -0.2) is 45.3 Å². The molecule has 1 fully saturated rings. The Morgan fingerprint density at radius 1 is 1.24 bits per heavy atom. The molecule has 1 aliphatic heterocycles. The van der Waals surface area contributed by atoms with E-state index in [0.717, 1.165) is 16.3 Å². The van der Waals surface area contributed by atoms with Gasteiger partial charge in [0.2, 0.25) is 0 Å². The summed E-state index contributed by atoms with van der Waals surface area (Å²) in [6, 6.07) is 13.9. The normalized spacial score (nSPS) is 22.6. The van der Waals surface area contributed by atoms with Gasteiger partial charge in [-0.1, -0.05) is 30.3 Å². The Kier molecular flexibility index (Phi) is 5.30. The molecule has 0 unspecified atom stereocenters. The smallest absolute Gasteiger partial charge is 0.313 e. The van der Waals surface area contributed by atoms with E-state index in [2.05, 4.69) is 9.88 Å². The second-order valence-corrected chi connectivity index (χ2v) is 7.80. The van der Waals surface area contributed by atoms with Crippen LogP contribution in [0.4, 0.5) is 4.39 Å². The number of piperidine rings is 1. The number of rotatable bonds is 5. The fraction of sp³-hybridized carbons (Fsp3) is 0.304. The second-order valence-electron chi connectivity index (χ2n) is 7.80. The van der Waals surface area contributed by atoms with E-state index in [1.54, 1.807) is 18.3 Å². The van der Waals surface area contributed by atoms with Gasteiger partial charge in [-0.15, -0.1) is 0 Å². The van der Waals surface area contributed by atoms with Gasteiger partial charge >= 0.3 is 5.97 Å². The molecule has 0 spiro atoms. The molecule has 2 aromatic carbocycles. The number of aliphatic hydroxyl groups is 1. The fourth-order valence-corrected chi connectivity index (χ4v) is 4.34. The molecule has 0 aliphatic carbocycles. The summed E-state index contributed by atoms with van der Waals surface area (Å²) in [6.07, 6.45) is 3.00. The van der Waals surface area contributed by atoms with Crippen LogP contribution in [-0.2, 0) is 17.8 Å². The Hall–Kier alpha value is -2.83. The van der Waals surface area contributed by atoms with E-state index < -0.39 is 23.3 Å². The summed E-state index contributed by atoms with van der Waals surface area (Å²) in [5.41, 5.74) is 0.286. The maximum Gasteiger partial charge on any atom is 0.313 e. The SMILES string of the molecule is O=C(O)[C@]1(Cc2cccc(F)c2)CN(Cc2cccc3cnccc23)CC[C@@H]1O. The van der Waals surface area contributed by atoms with Crippen LogP contribution in [0, 0.1) is 11.2 Å². The molecule has 1 aliphatic rings. The monoisotopic (exact) mass is 394 g/mol. The highest BCUT2D eigenvalue weighted by molar-refractivity contribution is 5.84. The highest BCUT2D eigenvalue weighted by atomic mass is 19.1. The van der Waals surface area contributed by atoms with Crippen molar-refractivity contribution < 1.29 is 19.4 Å². The standard InChI is InChI=1S/C23H23FN2O3/c24-19-6-1-3-16(11-19)12-23(22(28)29)15-26(10-8-21(23)27)14-18-5-2-4-17-13-25-9-7-20(17)18/h1-7,9,11,13,21,27H,8,10,12,14-15H2,(H,28,29)/t21-,23+/m0/s1. The second kappa shape index (κ2) is 7.89. The van der Waals surface area contributed by atoms with Crippen molar-refractivity contribution in [3.05, 3.63) is 77.9 Å². The number of carboxylic acids is 1. The lowest BCUT2D eigenvalue weighted by Gasteiger charge is -2.43. The Morgan fingerprint density at radius 3 is 2.86 bits per heavy atom. The van der Waals surface area contributed by atoms with Crippen LogP contribution in [0.5, 0.6) is 0 Å². The largest absolute Gasteiger partial charge is 0.481 e. The van der Waals surface area contributed by atoms with Crippen molar-refractivity contribution in [1.29, 1.82) is 0 Å². The summed E-state index contributed by atoms with van der Waals surface area (Å²) in [5, 5.41) is 22.8. The molecular weight excluding hydrogens is 371 g/mol. The Bertz CT molecular complexity index is 1040. The first kappa shape index (κ1) is 19.5. The highest BCUT2D eigenvalue weighted by Crippen LogP contribution is 2.36. The number of aromatic nitrogens is 1. The van der Waals surface area contributed by atoms with Crippen LogP contribution in [0.3, 0.4) is 0 Å². The molecule has 150 valence electrons. The zero-order valence-corrected chi connectivity index (χ0v) is 16.0. The van der Waals surface area contributed by atoms with Crippen LogP contribution in [0.15, 0.2) is 60.9 Å². The number of fused-ring (bicyclic) bond motifs is 1. The van der Waals surface area contributed by atoms with E-state index in [4.69, 9.17) is 0 Å². The molecule has 0 bridgehead atoms. The van der Waals surface area contributed by atoms with Gasteiger partial charge in [-0.2, -0.15) is 0 Å². The van der Waals surface area contributed by atoms with Crippen molar-refractivity contribution in [1.82, 2.24) is 9.88 Å². The molecule has 5 nitrogen and oxygen atoms in total. The molecule has 2 heterocycles. The molecule has 29 heavy (non-hydrogen) atoms. The number of nitrogens with zero attached hydrogens (tertiary/aromatic N) is 2. The number of likely N-dealkylation sites (tertiary alicyclic amines) is 1. The lowest BCUT2D eigenvalue weighted by atomic mass is 9.72. The zero-order chi connectivity index (χ0) is 20.4. The Morgan fingerprint density at radius 2 is 2.07 bits per heavy atom. The summed E-state index contributed by atoms with van der Waals surface area (Å²) in [7, 11) is 0. The average molecular weight is 394 g/mol. The maximum atomic E-state index is 13.6. The minimum Gasteiger partial charge on any atom is -0.481 e. The molecule has 2 atom stereocenters. The number of hydrogen-bond acceptors (Lipinski definition) is 4. The van der Waals surface area contributed by atoms with Crippen molar-refractivity contribution in [2.45, 2.75) is 25.5 Å². The van der Waals surface area contributed by atoms with Gasteiger partial charge in [0.1, 0.15) is 11.2 Å². The van der Waals surface area contributed by atoms with Gasteiger partial charge in [0.25, 0.3) is 0 Å². The number of hydrogen-bond donors (Lipinski definition) is 2. The molecule has 1 aromatic heterocycles. The molecule has 0 saturated carbocycles. The first-order chi connectivity index (χ1) is 14.0. The summed E-state index contributed by atoms with van der Waals surface area (Å²) in [5.74, 6) is -1.46. The number of aliphatic hydroxyl groups excluding tert-OH is 1. The van der Waals surface area contributed by atoms with Crippen molar-refractivity contribution in [3.63, 3.8) is 0 Å². The van der Waals surface area contributed by atoms with Gasteiger partial charge in [0.05, 0.1) is 6.10 Å². The Balaban J connectivity index is 1.62. The van der Waals surface area contributed by atoms with E-state index in [1.165, 1.54) is 12.1 Å². The van der Waals surface area contributed by atoms with Crippen molar-refractivity contribution in [3.8, 4) is 0 Å². The van der Waals surface area contributed by atoms with Crippen molar-refractivity contribution in [2.75, 3.05) is 13.1 Å². The third kappa shape index (κ3) is 3.86. The number of carboxylic acid groups (broad SMARTS) is 1. The lowest BCUT2D eigenvalue weighted by Crippen LogP contribution is -2.56. The minimum absolute atomic E-state index is 0.0806. The summed E-state index contributed by atoms with van der Waals surface area (Å²) in [6.45, 7) is 1.37. The minimum atomic E-state index is -1.38. The summed E-state index contributed by atoms with van der Waals surface area (Å²) >= 11 is 0. The van der Waals surface area contributed by atoms with Crippen LogP contribution in [0.1, 0.15) is 17.5 Å². The van der Waals surface area contributed by atoms with Gasteiger partial charge in [-0.3, -0.25) is 14.7 Å². The van der Waals surface area contributed by atoms with E-state index in [9.17, 15) is 19.4 Å². The molecule has 2 N–H and O–H groups in total. The summed E-state index contributed by atoms with van der Waals surface area (Å²) < 4.78 is 13.6. The van der Waals surface area contributed by atoms with Gasteiger partial charge in [-0.05, 0) is 47.6 Å². The van der Waals surface area contributed by atoms with Crippen LogP contribution in [0.25, 0.3) is 10.8 Å². The molecule has 6 heteroatoms. The van der Waals surface area contributed by atoms with E-state index >= 15 is 0 Å². The number of halogens is 1. The van der Waals surface area contributed by atoms with E-state index in [-0.39, 0.29) is 13.0 Å². The average Bonchev–Trinajstić information content (AvgIpc) is 2.71. The molecule has 3 aromatic rings. The van der Waals surface area contributed by atoms with Crippen LogP contribution < -0.4 is 0 Å². The first-order valence-corrected chi connectivity index (χ1v) is 9.68.